The van der Waals surface area contributed by atoms with Gasteiger partial charge in [0.2, 0.25) is 0 Å². The van der Waals surface area contributed by atoms with E-state index in [2.05, 4.69) is 24.9 Å². The molecule has 0 aromatic carbocycles. The van der Waals surface area contributed by atoms with Gasteiger partial charge >= 0.3 is 0 Å². The van der Waals surface area contributed by atoms with Gasteiger partial charge in [-0.2, -0.15) is 0 Å². The van der Waals surface area contributed by atoms with E-state index in [4.69, 9.17) is 0 Å². The molecule has 2 atom stereocenters. The van der Waals surface area contributed by atoms with E-state index in [1.165, 1.54) is 25.8 Å². The van der Waals surface area contributed by atoms with E-state index in [-0.39, 0.29) is 0 Å². The molecule has 0 aromatic heterocycles. The van der Waals surface area contributed by atoms with Crippen molar-refractivity contribution in [2.24, 2.45) is 5.92 Å². The van der Waals surface area contributed by atoms with Crippen molar-refractivity contribution in [2.75, 3.05) is 13.6 Å². The number of hydrogen-bond donors (Lipinski definition) is 0. The topological polar surface area (TPSA) is 3.24 Å². The van der Waals surface area contributed by atoms with Crippen molar-refractivity contribution in [2.45, 2.75) is 32.2 Å². The quantitative estimate of drug-likeness (QED) is 0.479. The van der Waals surface area contributed by atoms with Crippen molar-refractivity contribution in [3.63, 3.8) is 0 Å². The van der Waals surface area contributed by atoms with Crippen molar-refractivity contribution in [3.05, 3.63) is 11.6 Å². The van der Waals surface area contributed by atoms with Crippen molar-refractivity contribution in [3.8, 4) is 0 Å². The normalized spacial score (nSPS) is 38.5. The molecule has 1 heterocycles. The Morgan fingerprint density at radius 1 is 1.55 bits per heavy atom. The fraction of sp³-hybridized carbons (Fsp3) is 0.800. The van der Waals surface area contributed by atoms with E-state index in [1.807, 2.05) is 0 Å². The van der Waals surface area contributed by atoms with Gasteiger partial charge in [0.05, 0.1) is 0 Å². The molecule has 2 unspecified atom stereocenters. The number of hydrogen-bond acceptors (Lipinski definition) is 1. The Balaban J connectivity index is 2.15. The van der Waals surface area contributed by atoms with Crippen LogP contribution in [0, 0.1) is 5.92 Å². The Bertz CT molecular complexity index is 183. The third kappa shape index (κ3) is 1.12. The van der Waals surface area contributed by atoms with Gasteiger partial charge in [0.15, 0.2) is 0 Å². The number of allylic oxidation sites excluding steroid dienone is 1. The number of likely N-dealkylation sites (tertiary alicyclic amines) is 1. The zero-order valence-electron chi connectivity index (χ0n) is 7.51. The highest BCUT2D eigenvalue weighted by molar-refractivity contribution is 5.18. The van der Waals surface area contributed by atoms with E-state index in [9.17, 15) is 0 Å². The Kier molecular flexibility index (Phi) is 1.76. The van der Waals surface area contributed by atoms with Gasteiger partial charge in [-0.25, -0.2) is 0 Å². The lowest BCUT2D eigenvalue weighted by Gasteiger charge is -2.36. The molecule has 1 aliphatic heterocycles. The molecule has 0 N–H and O–H groups in total. The van der Waals surface area contributed by atoms with Gasteiger partial charge in [0.25, 0.3) is 0 Å². The maximum Gasteiger partial charge on any atom is 0.0333 e. The molecule has 0 bridgehead atoms. The number of fused-ring (bicyclic) bond motifs is 1. The van der Waals surface area contributed by atoms with Crippen LogP contribution in [0.1, 0.15) is 26.2 Å². The molecular weight excluding hydrogens is 134 g/mol. The average Bonchev–Trinajstić information content (AvgIpc) is 2.34. The largest absolute Gasteiger partial charge is 0.299 e. The van der Waals surface area contributed by atoms with Crippen molar-refractivity contribution in [1.29, 1.82) is 0 Å². The van der Waals surface area contributed by atoms with Crippen LogP contribution in [-0.2, 0) is 0 Å². The van der Waals surface area contributed by atoms with Crippen molar-refractivity contribution in [1.82, 2.24) is 4.90 Å². The van der Waals surface area contributed by atoms with E-state index in [0.717, 1.165) is 12.0 Å². The summed E-state index contributed by atoms with van der Waals surface area (Å²) in [4.78, 5) is 2.52. The van der Waals surface area contributed by atoms with Crippen molar-refractivity contribution >= 4 is 0 Å². The van der Waals surface area contributed by atoms with Gasteiger partial charge in [-0.3, -0.25) is 4.90 Å². The first-order chi connectivity index (χ1) is 5.29. The monoisotopic (exact) mass is 151 g/mol. The van der Waals surface area contributed by atoms with Crippen molar-refractivity contribution < 1.29 is 0 Å². The van der Waals surface area contributed by atoms with Gasteiger partial charge in [0, 0.05) is 6.04 Å². The highest BCUT2D eigenvalue weighted by atomic mass is 15.1. The smallest absolute Gasteiger partial charge is 0.0333 e. The number of piperidine rings is 1. The van der Waals surface area contributed by atoms with Crippen LogP contribution >= 0.6 is 0 Å². The summed E-state index contributed by atoms with van der Waals surface area (Å²) in [6, 6.07) is 0.795. The van der Waals surface area contributed by atoms with Crippen LogP contribution in [0.4, 0.5) is 0 Å². The third-order valence-electron chi connectivity index (χ3n) is 3.22. The van der Waals surface area contributed by atoms with Gasteiger partial charge in [-0.15, -0.1) is 0 Å². The second-order valence-corrected chi connectivity index (χ2v) is 4.01. The average molecular weight is 151 g/mol. The highest BCUT2D eigenvalue weighted by Crippen LogP contribution is 2.35. The summed E-state index contributed by atoms with van der Waals surface area (Å²) in [6.07, 6.45) is 6.61. The summed E-state index contributed by atoms with van der Waals surface area (Å²) < 4.78 is 0. The van der Waals surface area contributed by atoms with Crippen LogP contribution in [-0.4, -0.2) is 24.5 Å². The standard InChI is InChI=1S/C10H17N/c1-8-5-6-9-4-3-7-11(2)10(8)9/h5,9-10H,3-4,6-7H2,1-2H3. The van der Waals surface area contributed by atoms with Crippen LogP contribution < -0.4 is 0 Å². The molecule has 1 aliphatic carbocycles. The second kappa shape index (κ2) is 2.63. The number of nitrogens with zero attached hydrogens (tertiary/aromatic N) is 1. The molecule has 0 spiro atoms. The summed E-state index contributed by atoms with van der Waals surface area (Å²) in [7, 11) is 2.26. The first-order valence-electron chi connectivity index (χ1n) is 4.66. The van der Waals surface area contributed by atoms with E-state index in [0.29, 0.717) is 0 Å². The number of rotatable bonds is 0. The Hall–Kier alpha value is -0.300. The van der Waals surface area contributed by atoms with Crippen LogP contribution in [0.25, 0.3) is 0 Å². The zero-order valence-corrected chi connectivity index (χ0v) is 7.51. The predicted octanol–water partition coefficient (Wildman–Crippen LogP) is 2.05. The molecule has 1 saturated heterocycles. The lowest BCUT2D eigenvalue weighted by molar-refractivity contribution is 0.160. The molecule has 62 valence electrons. The summed E-state index contributed by atoms with van der Waals surface area (Å²) in [5.41, 5.74) is 1.61. The zero-order chi connectivity index (χ0) is 7.84. The first kappa shape index (κ1) is 7.35. The van der Waals surface area contributed by atoms with Crippen LogP contribution in [0.3, 0.4) is 0 Å². The van der Waals surface area contributed by atoms with E-state index < -0.39 is 0 Å². The maximum atomic E-state index is 2.52. The Morgan fingerprint density at radius 3 is 3.09 bits per heavy atom. The first-order valence-corrected chi connectivity index (χ1v) is 4.66. The molecular formula is C10H17N. The number of likely N-dealkylation sites (N-methyl/N-ethyl adjacent to an activating group) is 1. The highest BCUT2D eigenvalue weighted by Gasteiger charge is 2.32. The molecule has 0 amide bonds. The lowest BCUT2D eigenvalue weighted by Crippen LogP contribution is -2.40. The van der Waals surface area contributed by atoms with E-state index >= 15 is 0 Å². The summed E-state index contributed by atoms with van der Waals surface area (Å²) in [5.74, 6) is 0.953. The van der Waals surface area contributed by atoms with Crippen LogP contribution in [0.2, 0.25) is 0 Å². The van der Waals surface area contributed by atoms with Gasteiger partial charge < -0.3 is 0 Å². The summed E-state index contributed by atoms with van der Waals surface area (Å²) in [5, 5.41) is 0. The molecule has 0 saturated carbocycles. The van der Waals surface area contributed by atoms with E-state index in [1.54, 1.807) is 5.57 Å². The molecule has 2 aliphatic rings. The van der Waals surface area contributed by atoms with Gasteiger partial charge in [-0.1, -0.05) is 11.6 Å². The molecule has 1 fully saturated rings. The van der Waals surface area contributed by atoms with Gasteiger partial charge in [0.1, 0.15) is 0 Å². The molecule has 0 radical (unpaired) electrons. The fourth-order valence-electron chi connectivity index (χ4n) is 2.68. The lowest BCUT2D eigenvalue weighted by atomic mass is 9.90. The predicted molar refractivity (Wildman–Crippen MR) is 47.5 cm³/mol. The summed E-state index contributed by atoms with van der Waals surface area (Å²) in [6.45, 7) is 3.58. The molecule has 0 aromatic rings. The third-order valence-corrected chi connectivity index (χ3v) is 3.22. The minimum absolute atomic E-state index is 0.795. The molecule has 1 nitrogen and oxygen atoms in total. The van der Waals surface area contributed by atoms with Crippen LogP contribution in [0.15, 0.2) is 11.6 Å². The molecule has 1 heteroatoms. The minimum atomic E-state index is 0.795. The fourth-order valence-corrected chi connectivity index (χ4v) is 2.68. The SMILES string of the molecule is CC1=CCC2CCCN(C)C12. The minimum Gasteiger partial charge on any atom is -0.299 e. The molecule has 11 heavy (non-hydrogen) atoms. The Labute approximate surface area is 69.1 Å². The van der Waals surface area contributed by atoms with Crippen LogP contribution in [0.5, 0.6) is 0 Å². The maximum absolute atomic E-state index is 2.52. The van der Waals surface area contributed by atoms with Gasteiger partial charge in [-0.05, 0) is 45.7 Å². The molecule has 2 rings (SSSR count). The Morgan fingerprint density at radius 2 is 2.36 bits per heavy atom. The second-order valence-electron chi connectivity index (χ2n) is 4.01. The summed E-state index contributed by atoms with van der Waals surface area (Å²) >= 11 is 0.